The third-order valence-corrected chi connectivity index (χ3v) is 5.05. The minimum Gasteiger partial charge on any atom is -0.481 e. The number of hydrogen-bond acceptors (Lipinski definition) is 3. The maximum atomic E-state index is 12.7. The molecule has 1 aliphatic carbocycles. The van der Waals surface area contributed by atoms with Gasteiger partial charge in [0.05, 0.1) is 16.7 Å². The Morgan fingerprint density at radius 3 is 2.90 bits per heavy atom. The Morgan fingerprint density at radius 2 is 2.29 bits per heavy atom. The molecule has 1 aromatic rings. The van der Waals surface area contributed by atoms with E-state index in [-0.39, 0.29) is 11.8 Å². The number of carbonyl (C=O) groups excluding carboxylic acids is 1. The van der Waals surface area contributed by atoms with Crippen LogP contribution in [0.25, 0.3) is 0 Å². The molecule has 2 atom stereocenters. The number of aliphatic carboxylic acids is 1. The van der Waals surface area contributed by atoms with E-state index in [4.69, 9.17) is 0 Å². The molecule has 1 aliphatic heterocycles. The lowest BCUT2D eigenvalue weighted by atomic mass is 9.81. The molecule has 6 nitrogen and oxygen atoms in total. The van der Waals surface area contributed by atoms with Crippen molar-refractivity contribution in [2.24, 2.45) is 18.4 Å². The summed E-state index contributed by atoms with van der Waals surface area (Å²) in [5, 5.41) is 13.9. The summed E-state index contributed by atoms with van der Waals surface area (Å²) in [6, 6.07) is 0. The highest BCUT2D eigenvalue weighted by Crippen LogP contribution is 2.49. The lowest BCUT2D eigenvalue weighted by Gasteiger charge is -2.23. The van der Waals surface area contributed by atoms with Gasteiger partial charge >= 0.3 is 5.97 Å². The number of likely N-dealkylation sites (tertiary alicyclic amines) is 1. The number of carbonyl (C=O) groups is 2. The van der Waals surface area contributed by atoms with Gasteiger partial charge in [0, 0.05) is 26.3 Å². The number of rotatable bonds is 3. The van der Waals surface area contributed by atoms with Crippen molar-refractivity contribution < 1.29 is 14.7 Å². The second-order valence-corrected chi connectivity index (χ2v) is 6.25. The summed E-state index contributed by atoms with van der Waals surface area (Å²) in [4.78, 5) is 26.1. The number of hydrogen-bond donors (Lipinski definition) is 1. The van der Waals surface area contributed by atoms with Crippen molar-refractivity contribution in [3.8, 4) is 0 Å². The Kier molecular flexibility index (Phi) is 3.26. The van der Waals surface area contributed by atoms with Crippen LogP contribution in [0.1, 0.15) is 42.2 Å². The van der Waals surface area contributed by atoms with Crippen molar-refractivity contribution in [1.29, 1.82) is 0 Å². The summed E-state index contributed by atoms with van der Waals surface area (Å²) in [6.45, 7) is 2.86. The van der Waals surface area contributed by atoms with E-state index in [0.29, 0.717) is 31.5 Å². The minimum absolute atomic E-state index is 0.0741. The van der Waals surface area contributed by atoms with E-state index in [1.807, 2.05) is 6.92 Å². The fourth-order valence-corrected chi connectivity index (χ4v) is 3.94. The van der Waals surface area contributed by atoms with Crippen LogP contribution < -0.4 is 0 Å². The molecule has 1 saturated heterocycles. The largest absolute Gasteiger partial charge is 0.481 e. The highest BCUT2D eigenvalue weighted by atomic mass is 16.4. The van der Waals surface area contributed by atoms with Gasteiger partial charge in [-0.3, -0.25) is 14.3 Å². The topological polar surface area (TPSA) is 75.4 Å². The van der Waals surface area contributed by atoms with Crippen LogP contribution in [0, 0.1) is 11.3 Å². The highest BCUT2D eigenvalue weighted by Gasteiger charge is 2.55. The molecule has 1 amide bonds. The average Bonchev–Trinajstić information content (AvgIpc) is 3.08. The molecule has 21 heavy (non-hydrogen) atoms. The van der Waals surface area contributed by atoms with Crippen LogP contribution in [0.2, 0.25) is 0 Å². The normalized spacial score (nSPS) is 27.9. The Labute approximate surface area is 123 Å². The predicted molar refractivity (Wildman–Crippen MR) is 75.9 cm³/mol. The molecule has 0 unspecified atom stereocenters. The molecule has 3 rings (SSSR count). The summed E-state index contributed by atoms with van der Waals surface area (Å²) in [5.74, 6) is -0.724. The molecule has 6 heteroatoms. The lowest BCUT2D eigenvalue weighted by Crippen LogP contribution is -2.37. The van der Waals surface area contributed by atoms with E-state index in [2.05, 4.69) is 5.10 Å². The van der Waals surface area contributed by atoms with E-state index in [9.17, 15) is 14.7 Å². The second-order valence-electron chi connectivity index (χ2n) is 6.25. The number of fused-ring (bicyclic) bond motifs is 1. The van der Waals surface area contributed by atoms with E-state index in [1.54, 1.807) is 22.8 Å². The monoisotopic (exact) mass is 291 g/mol. The van der Waals surface area contributed by atoms with E-state index < -0.39 is 11.4 Å². The SMILES string of the molecule is CCc1nn(C)cc1C(=O)N1C[C@@H]2CCC[C@@]2(C(=O)O)C1. The van der Waals surface area contributed by atoms with Gasteiger partial charge in [-0.1, -0.05) is 13.3 Å². The van der Waals surface area contributed by atoms with Gasteiger partial charge in [-0.2, -0.15) is 5.10 Å². The molecule has 2 fully saturated rings. The molecule has 0 radical (unpaired) electrons. The average molecular weight is 291 g/mol. The maximum Gasteiger partial charge on any atom is 0.311 e. The first-order valence-electron chi connectivity index (χ1n) is 7.53. The summed E-state index contributed by atoms with van der Waals surface area (Å²) in [6.07, 6.45) is 4.98. The minimum atomic E-state index is -0.748. The molecule has 2 heterocycles. The van der Waals surface area contributed by atoms with Crippen molar-refractivity contribution >= 4 is 11.9 Å². The fraction of sp³-hybridized carbons (Fsp3) is 0.667. The first-order valence-corrected chi connectivity index (χ1v) is 7.53. The van der Waals surface area contributed by atoms with Gasteiger partial charge in [-0.15, -0.1) is 0 Å². The number of aromatic nitrogens is 2. The third kappa shape index (κ3) is 2.04. The van der Waals surface area contributed by atoms with Gasteiger partial charge in [0.25, 0.3) is 5.91 Å². The maximum absolute atomic E-state index is 12.7. The molecule has 1 saturated carbocycles. The van der Waals surface area contributed by atoms with Gasteiger partial charge in [-0.25, -0.2) is 0 Å². The van der Waals surface area contributed by atoms with Crippen molar-refractivity contribution in [3.05, 3.63) is 17.5 Å². The molecule has 0 bridgehead atoms. The van der Waals surface area contributed by atoms with Crippen LogP contribution in [0.15, 0.2) is 6.20 Å². The summed E-state index contributed by atoms with van der Waals surface area (Å²) >= 11 is 0. The highest BCUT2D eigenvalue weighted by molar-refractivity contribution is 5.96. The zero-order valence-electron chi connectivity index (χ0n) is 12.5. The van der Waals surface area contributed by atoms with Crippen molar-refractivity contribution in [3.63, 3.8) is 0 Å². The Bertz CT molecular complexity index is 595. The summed E-state index contributed by atoms with van der Waals surface area (Å²) in [5.41, 5.74) is 0.675. The van der Waals surface area contributed by atoms with Crippen LogP contribution >= 0.6 is 0 Å². The zero-order chi connectivity index (χ0) is 15.2. The number of carboxylic acid groups (broad SMARTS) is 1. The number of amides is 1. The first-order chi connectivity index (χ1) is 9.98. The molecule has 1 N–H and O–H groups in total. The van der Waals surface area contributed by atoms with E-state index in [1.165, 1.54) is 0 Å². The third-order valence-electron chi connectivity index (χ3n) is 5.05. The van der Waals surface area contributed by atoms with E-state index >= 15 is 0 Å². The molecule has 114 valence electrons. The van der Waals surface area contributed by atoms with E-state index in [0.717, 1.165) is 18.5 Å². The Balaban J connectivity index is 1.86. The number of nitrogens with zero attached hydrogens (tertiary/aromatic N) is 3. The summed E-state index contributed by atoms with van der Waals surface area (Å²) in [7, 11) is 1.80. The van der Waals surface area contributed by atoms with Crippen molar-refractivity contribution in [1.82, 2.24) is 14.7 Å². The van der Waals surface area contributed by atoms with Gasteiger partial charge in [0.1, 0.15) is 0 Å². The fourth-order valence-electron chi connectivity index (χ4n) is 3.94. The Morgan fingerprint density at radius 1 is 1.52 bits per heavy atom. The standard InChI is InChI=1S/C15H21N3O3/c1-3-12-11(8-17(2)16-12)13(19)18-7-10-5-4-6-15(10,9-18)14(20)21/h8,10H,3-7,9H2,1-2H3,(H,20,21)/t10-,15+/m0/s1. The smallest absolute Gasteiger partial charge is 0.311 e. The van der Waals surface area contributed by atoms with Crippen LogP contribution in [0.5, 0.6) is 0 Å². The predicted octanol–water partition coefficient (Wildman–Crippen LogP) is 1.31. The van der Waals surface area contributed by atoms with Gasteiger partial charge in [0.2, 0.25) is 0 Å². The molecular weight excluding hydrogens is 270 g/mol. The van der Waals surface area contributed by atoms with Crippen LogP contribution in [0.4, 0.5) is 0 Å². The second kappa shape index (κ2) is 4.86. The lowest BCUT2D eigenvalue weighted by molar-refractivity contribution is -0.149. The number of aryl methyl sites for hydroxylation is 2. The van der Waals surface area contributed by atoms with Crippen molar-refractivity contribution in [2.45, 2.75) is 32.6 Å². The van der Waals surface area contributed by atoms with Crippen molar-refractivity contribution in [2.75, 3.05) is 13.1 Å². The quantitative estimate of drug-likeness (QED) is 0.911. The zero-order valence-corrected chi connectivity index (χ0v) is 12.5. The van der Waals surface area contributed by atoms with Gasteiger partial charge in [-0.05, 0) is 25.2 Å². The first kappa shape index (κ1) is 14.1. The summed E-state index contributed by atoms with van der Waals surface area (Å²) < 4.78 is 1.65. The van der Waals surface area contributed by atoms with Crippen LogP contribution in [0.3, 0.4) is 0 Å². The van der Waals surface area contributed by atoms with Gasteiger partial charge in [0.15, 0.2) is 0 Å². The molecule has 0 aromatic carbocycles. The molecule has 1 aromatic heterocycles. The Hall–Kier alpha value is -1.85. The van der Waals surface area contributed by atoms with Gasteiger partial charge < -0.3 is 10.0 Å². The van der Waals surface area contributed by atoms with Crippen LogP contribution in [-0.4, -0.2) is 44.8 Å². The molecular formula is C15H21N3O3. The number of carboxylic acids is 1. The van der Waals surface area contributed by atoms with Crippen LogP contribution in [-0.2, 0) is 18.3 Å². The molecule has 0 spiro atoms. The molecule has 2 aliphatic rings.